The van der Waals surface area contributed by atoms with Gasteiger partial charge in [-0.1, -0.05) is 258 Å². The summed E-state index contributed by atoms with van der Waals surface area (Å²) in [7, 11) is 0. The van der Waals surface area contributed by atoms with Crippen molar-refractivity contribution in [2.75, 3.05) is 13.2 Å². The van der Waals surface area contributed by atoms with Gasteiger partial charge in [0.15, 0.2) is 6.10 Å². The van der Waals surface area contributed by atoms with E-state index in [1.165, 1.54) is 77.0 Å². The van der Waals surface area contributed by atoms with Gasteiger partial charge in [0, 0.05) is 19.3 Å². The zero-order chi connectivity index (χ0) is 52.9. The average molecular weight is 1010 g/mol. The molecule has 0 rings (SSSR count). The molecule has 0 bridgehead atoms. The molecule has 0 saturated carbocycles. The Morgan fingerprint density at radius 3 is 0.849 bits per heavy atom. The van der Waals surface area contributed by atoms with Gasteiger partial charge in [0.05, 0.1) is 0 Å². The molecule has 1 unspecified atom stereocenters. The van der Waals surface area contributed by atoms with E-state index in [1.807, 2.05) is 0 Å². The molecule has 1 atom stereocenters. The molecule has 0 aliphatic heterocycles. The molecule has 6 nitrogen and oxygen atoms in total. The third-order valence-electron chi connectivity index (χ3n) is 12.5. The smallest absolute Gasteiger partial charge is 0.306 e. The maximum atomic E-state index is 12.9. The van der Waals surface area contributed by atoms with Gasteiger partial charge in [0.1, 0.15) is 13.2 Å². The summed E-state index contributed by atoms with van der Waals surface area (Å²) in [5, 5.41) is 0. The Morgan fingerprint density at radius 1 is 0.288 bits per heavy atom. The standard InChI is InChI=1S/C67H110O6/c1-4-7-10-13-16-19-22-25-27-28-29-30-31-32-33-34-35-36-37-38-40-42-45-48-51-54-57-60-66(69)72-63-64(62-71-65(68)59-56-53-50-47-44-41-24-21-18-15-12-9-6-3)73-67(70)61-58-55-52-49-46-43-39-26-23-20-17-14-11-8-5-2/h7,9-10,12,16,18-19,21,25,27,29-30,32-33,35-36,38,40-41,44,64H,4-6,8,11,13-15,17,20,22-24,26,28,31,34,37,39,42-43,45-63H2,1-3H3/b10-7-,12-9-,19-16-,21-18-,27-25-,30-29-,33-32-,36-35-,40-38-,44-41-. The van der Waals surface area contributed by atoms with Crippen LogP contribution < -0.4 is 0 Å². The molecule has 0 saturated heterocycles. The fourth-order valence-corrected chi connectivity index (χ4v) is 8.03. The van der Waals surface area contributed by atoms with Gasteiger partial charge < -0.3 is 14.2 Å². The van der Waals surface area contributed by atoms with Crippen LogP contribution in [0.4, 0.5) is 0 Å². The molecule has 0 spiro atoms. The monoisotopic (exact) mass is 1010 g/mol. The van der Waals surface area contributed by atoms with Gasteiger partial charge in [-0.05, 0) is 109 Å². The zero-order valence-electron chi connectivity index (χ0n) is 47.4. The topological polar surface area (TPSA) is 78.9 Å². The van der Waals surface area contributed by atoms with Crippen LogP contribution in [0.2, 0.25) is 0 Å². The van der Waals surface area contributed by atoms with E-state index in [-0.39, 0.29) is 31.1 Å². The second-order valence-corrected chi connectivity index (χ2v) is 19.5. The number of carbonyl (C=O) groups is 3. The zero-order valence-corrected chi connectivity index (χ0v) is 47.4. The van der Waals surface area contributed by atoms with Crippen molar-refractivity contribution in [1.29, 1.82) is 0 Å². The van der Waals surface area contributed by atoms with Crippen LogP contribution in [0.5, 0.6) is 0 Å². The summed E-state index contributed by atoms with van der Waals surface area (Å²) in [4.78, 5) is 38.2. The van der Waals surface area contributed by atoms with Crippen molar-refractivity contribution in [2.45, 2.75) is 271 Å². The minimum absolute atomic E-state index is 0.0986. The number of ether oxygens (including phenoxy) is 3. The molecular weight excluding hydrogens is 901 g/mol. The molecule has 0 radical (unpaired) electrons. The first kappa shape index (κ1) is 68.8. The predicted molar refractivity (Wildman–Crippen MR) is 316 cm³/mol. The molecule has 0 aromatic carbocycles. The van der Waals surface area contributed by atoms with E-state index in [1.54, 1.807) is 0 Å². The minimum atomic E-state index is -0.800. The summed E-state index contributed by atoms with van der Waals surface area (Å²) < 4.78 is 16.8. The van der Waals surface area contributed by atoms with Crippen molar-refractivity contribution in [1.82, 2.24) is 0 Å². The summed E-state index contributed by atoms with van der Waals surface area (Å²) in [6.07, 6.45) is 83.4. The van der Waals surface area contributed by atoms with Gasteiger partial charge in [-0.2, -0.15) is 0 Å². The van der Waals surface area contributed by atoms with Crippen molar-refractivity contribution < 1.29 is 28.6 Å². The maximum Gasteiger partial charge on any atom is 0.306 e. The lowest BCUT2D eigenvalue weighted by molar-refractivity contribution is -0.167. The van der Waals surface area contributed by atoms with Gasteiger partial charge in [-0.15, -0.1) is 0 Å². The quantitative estimate of drug-likeness (QED) is 0.0261. The first-order valence-corrected chi connectivity index (χ1v) is 30.0. The molecule has 0 amide bonds. The number of allylic oxidation sites excluding steroid dienone is 20. The molecule has 0 aromatic heterocycles. The molecule has 0 aromatic rings. The van der Waals surface area contributed by atoms with Crippen molar-refractivity contribution in [3.8, 4) is 0 Å². The Bertz CT molecular complexity index is 1540. The van der Waals surface area contributed by atoms with E-state index >= 15 is 0 Å². The number of unbranched alkanes of at least 4 members (excludes halogenated alkanes) is 22. The van der Waals surface area contributed by atoms with Crippen molar-refractivity contribution >= 4 is 17.9 Å². The summed E-state index contributed by atoms with van der Waals surface area (Å²) >= 11 is 0. The first-order valence-electron chi connectivity index (χ1n) is 30.0. The van der Waals surface area contributed by atoms with Crippen molar-refractivity contribution in [3.05, 3.63) is 122 Å². The summed E-state index contributed by atoms with van der Waals surface area (Å²) in [6.45, 7) is 6.38. The van der Waals surface area contributed by atoms with Crippen LogP contribution in [0.25, 0.3) is 0 Å². The van der Waals surface area contributed by atoms with Gasteiger partial charge in [0.2, 0.25) is 0 Å². The van der Waals surface area contributed by atoms with Gasteiger partial charge >= 0.3 is 17.9 Å². The highest BCUT2D eigenvalue weighted by Crippen LogP contribution is 2.15. The molecule has 0 aliphatic carbocycles. The normalized spacial score (nSPS) is 13.0. The Balaban J connectivity index is 4.38. The molecule has 0 heterocycles. The van der Waals surface area contributed by atoms with Gasteiger partial charge in [0.25, 0.3) is 0 Å². The van der Waals surface area contributed by atoms with Crippen molar-refractivity contribution in [3.63, 3.8) is 0 Å². The largest absolute Gasteiger partial charge is 0.462 e. The third kappa shape index (κ3) is 58.6. The van der Waals surface area contributed by atoms with E-state index in [0.717, 1.165) is 148 Å². The average Bonchev–Trinajstić information content (AvgIpc) is 3.39. The Labute approximate surface area is 450 Å². The lowest BCUT2D eigenvalue weighted by Crippen LogP contribution is -2.30. The Hall–Kier alpha value is -4.19. The third-order valence-corrected chi connectivity index (χ3v) is 12.5. The maximum absolute atomic E-state index is 12.9. The Kier molecular flexibility index (Phi) is 56.9. The molecule has 6 heteroatoms. The first-order chi connectivity index (χ1) is 36.0. The minimum Gasteiger partial charge on any atom is -0.462 e. The molecule has 0 aliphatic rings. The summed E-state index contributed by atoms with van der Waals surface area (Å²) in [6, 6.07) is 0. The van der Waals surface area contributed by atoms with Crippen LogP contribution in [-0.4, -0.2) is 37.2 Å². The molecule has 73 heavy (non-hydrogen) atoms. The van der Waals surface area contributed by atoms with Crippen LogP contribution >= 0.6 is 0 Å². The molecule has 0 fully saturated rings. The highest BCUT2D eigenvalue weighted by molar-refractivity contribution is 5.71. The van der Waals surface area contributed by atoms with E-state index in [4.69, 9.17) is 14.2 Å². The van der Waals surface area contributed by atoms with E-state index < -0.39 is 6.10 Å². The Morgan fingerprint density at radius 2 is 0.534 bits per heavy atom. The van der Waals surface area contributed by atoms with E-state index in [9.17, 15) is 14.4 Å². The molecule has 414 valence electrons. The van der Waals surface area contributed by atoms with Crippen LogP contribution in [0.1, 0.15) is 265 Å². The number of carbonyl (C=O) groups excluding carboxylic acids is 3. The predicted octanol–water partition coefficient (Wildman–Crippen LogP) is 20.4. The summed E-state index contributed by atoms with van der Waals surface area (Å²) in [5.41, 5.74) is 0. The van der Waals surface area contributed by atoms with Crippen LogP contribution in [0.15, 0.2) is 122 Å². The van der Waals surface area contributed by atoms with Gasteiger partial charge in [-0.25, -0.2) is 0 Å². The number of esters is 3. The number of hydrogen-bond acceptors (Lipinski definition) is 6. The van der Waals surface area contributed by atoms with E-state index in [2.05, 4.69) is 142 Å². The van der Waals surface area contributed by atoms with Crippen LogP contribution in [0.3, 0.4) is 0 Å². The highest BCUT2D eigenvalue weighted by Gasteiger charge is 2.19. The summed E-state index contributed by atoms with van der Waals surface area (Å²) in [5.74, 6) is -0.943. The molecular formula is C67H110O6. The number of hydrogen-bond donors (Lipinski definition) is 0. The lowest BCUT2D eigenvalue weighted by Gasteiger charge is -2.18. The fraction of sp³-hybridized carbons (Fsp3) is 0.657. The van der Waals surface area contributed by atoms with Gasteiger partial charge in [-0.3, -0.25) is 14.4 Å². The number of rotatable bonds is 53. The SMILES string of the molecule is CC/C=C\C/C=C\C/C=C\C/C=C\C/C=C\C/C=C\C/C=C\CCCCCCCC(=O)OCC(COC(=O)CCCCC/C=C\C/C=C\C/C=C\CC)OC(=O)CCCCCCCCCCCCCCCCC. The molecule has 0 N–H and O–H groups in total. The lowest BCUT2D eigenvalue weighted by atomic mass is 10.0. The van der Waals surface area contributed by atoms with E-state index in [0.29, 0.717) is 19.3 Å². The fourth-order valence-electron chi connectivity index (χ4n) is 8.03. The van der Waals surface area contributed by atoms with Crippen LogP contribution in [-0.2, 0) is 28.6 Å². The second kappa shape index (κ2) is 60.4. The van der Waals surface area contributed by atoms with Crippen molar-refractivity contribution in [2.24, 2.45) is 0 Å². The highest BCUT2D eigenvalue weighted by atomic mass is 16.6. The second-order valence-electron chi connectivity index (χ2n) is 19.5. The van der Waals surface area contributed by atoms with Crippen LogP contribution in [0, 0.1) is 0 Å².